The van der Waals surface area contributed by atoms with E-state index < -0.39 is 0 Å². The minimum absolute atomic E-state index is 0.156. The highest BCUT2D eigenvalue weighted by atomic mass is 16.5. The third-order valence-electron chi connectivity index (χ3n) is 2.68. The zero-order valence-corrected chi connectivity index (χ0v) is 10.5. The van der Waals surface area contributed by atoms with Gasteiger partial charge in [-0.1, -0.05) is 41.5 Å². The van der Waals surface area contributed by atoms with Crippen LogP contribution in [-0.4, -0.2) is 6.61 Å². The van der Waals surface area contributed by atoms with Gasteiger partial charge in [0.15, 0.2) is 0 Å². The average Bonchev–Trinajstić information content (AvgIpc) is 2.01. The first-order valence-corrected chi connectivity index (χ1v) is 5.60. The zero-order valence-electron chi connectivity index (χ0n) is 10.5. The molecule has 0 bridgehead atoms. The summed E-state index contributed by atoms with van der Waals surface area (Å²) in [5, 5.41) is 0. The molecule has 0 radical (unpaired) electrons. The van der Waals surface area contributed by atoms with Crippen LogP contribution < -0.4 is 0 Å². The van der Waals surface area contributed by atoms with Gasteiger partial charge in [0.1, 0.15) is 5.76 Å². The SMILES string of the molecule is CC(C)(C)C1=C(C(C)(C)C)OCCC1. The van der Waals surface area contributed by atoms with Crippen molar-refractivity contribution >= 4 is 0 Å². The molecule has 1 heterocycles. The van der Waals surface area contributed by atoms with Crippen LogP contribution in [0.4, 0.5) is 0 Å². The first-order chi connectivity index (χ1) is 6.23. The van der Waals surface area contributed by atoms with E-state index in [0.29, 0.717) is 0 Å². The van der Waals surface area contributed by atoms with Crippen molar-refractivity contribution in [2.45, 2.75) is 54.4 Å². The van der Waals surface area contributed by atoms with Crippen LogP contribution in [0.5, 0.6) is 0 Å². The fourth-order valence-corrected chi connectivity index (χ4v) is 2.01. The maximum atomic E-state index is 5.86. The van der Waals surface area contributed by atoms with Gasteiger partial charge >= 0.3 is 0 Å². The van der Waals surface area contributed by atoms with Crippen LogP contribution in [0.1, 0.15) is 54.4 Å². The smallest absolute Gasteiger partial charge is 0.101 e. The van der Waals surface area contributed by atoms with Crippen LogP contribution in [0.3, 0.4) is 0 Å². The molecule has 1 aliphatic heterocycles. The van der Waals surface area contributed by atoms with E-state index in [2.05, 4.69) is 41.5 Å². The Kier molecular flexibility index (Phi) is 2.99. The summed E-state index contributed by atoms with van der Waals surface area (Å²) in [6.07, 6.45) is 2.38. The van der Waals surface area contributed by atoms with Crippen molar-refractivity contribution in [2.24, 2.45) is 10.8 Å². The van der Waals surface area contributed by atoms with Gasteiger partial charge in [0.25, 0.3) is 0 Å². The molecule has 0 saturated heterocycles. The van der Waals surface area contributed by atoms with Crippen molar-refractivity contribution in [3.05, 3.63) is 11.3 Å². The monoisotopic (exact) mass is 196 g/mol. The van der Waals surface area contributed by atoms with Crippen LogP contribution in [-0.2, 0) is 4.74 Å². The van der Waals surface area contributed by atoms with Crippen LogP contribution in [0.15, 0.2) is 11.3 Å². The molecule has 1 nitrogen and oxygen atoms in total. The Morgan fingerprint density at radius 1 is 0.929 bits per heavy atom. The third kappa shape index (κ3) is 2.52. The molecule has 82 valence electrons. The second-order valence-electron chi connectivity index (χ2n) is 6.26. The maximum absolute atomic E-state index is 5.86. The number of hydrogen-bond acceptors (Lipinski definition) is 1. The Morgan fingerprint density at radius 3 is 1.86 bits per heavy atom. The second-order valence-corrected chi connectivity index (χ2v) is 6.26. The number of hydrogen-bond donors (Lipinski definition) is 0. The summed E-state index contributed by atoms with van der Waals surface area (Å²) >= 11 is 0. The summed E-state index contributed by atoms with van der Waals surface area (Å²) in [5.41, 5.74) is 1.92. The molecule has 0 aromatic carbocycles. The largest absolute Gasteiger partial charge is 0.497 e. The van der Waals surface area contributed by atoms with Gasteiger partial charge in [0, 0.05) is 5.41 Å². The van der Waals surface area contributed by atoms with Gasteiger partial charge in [0.05, 0.1) is 6.61 Å². The summed E-state index contributed by atoms with van der Waals surface area (Å²) in [6.45, 7) is 14.4. The third-order valence-corrected chi connectivity index (χ3v) is 2.68. The highest BCUT2D eigenvalue weighted by Gasteiger charge is 2.31. The minimum Gasteiger partial charge on any atom is -0.497 e. The topological polar surface area (TPSA) is 9.23 Å². The van der Waals surface area contributed by atoms with E-state index in [9.17, 15) is 0 Å². The summed E-state index contributed by atoms with van der Waals surface area (Å²) in [4.78, 5) is 0. The normalized spacial score (nSPS) is 19.6. The quantitative estimate of drug-likeness (QED) is 0.565. The Balaban J connectivity index is 3.10. The van der Waals surface area contributed by atoms with Crippen LogP contribution >= 0.6 is 0 Å². The van der Waals surface area contributed by atoms with Gasteiger partial charge in [-0.25, -0.2) is 0 Å². The van der Waals surface area contributed by atoms with Crippen LogP contribution in [0, 0.1) is 10.8 Å². The fourth-order valence-electron chi connectivity index (χ4n) is 2.01. The Hall–Kier alpha value is -0.460. The molecule has 0 amide bonds. The van der Waals surface area contributed by atoms with Crippen LogP contribution in [0.2, 0.25) is 0 Å². The minimum atomic E-state index is 0.156. The first-order valence-electron chi connectivity index (χ1n) is 5.60. The first kappa shape index (κ1) is 11.6. The predicted molar refractivity (Wildman–Crippen MR) is 61.1 cm³/mol. The standard InChI is InChI=1S/C13H24O/c1-12(2,3)10-8-7-9-14-11(10)13(4,5)6/h7-9H2,1-6H3. The molecular weight excluding hydrogens is 172 g/mol. The zero-order chi connectivity index (χ0) is 11.0. The van der Waals surface area contributed by atoms with Crippen molar-refractivity contribution in [3.63, 3.8) is 0 Å². The lowest BCUT2D eigenvalue weighted by atomic mass is 9.77. The van der Waals surface area contributed by atoms with Crippen molar-refractivity contribution in [1.82, 2.24) is 0 Å². The van der Waals surface area contributed by atoms with E-state index in [1.54, 1.807) is 0 Å². The summed E-state index contributed by atoms with van der Waals surface area (Å²) < 4.78 is 5.86. The van der Waals surface area contributed by atoms with Gasteiger partial charge in [-0.15, -0.1) is 0 Å². The van der Waals surface area contributed by atoms with Gasteiger partial charge in [-0.05, 0) is 23.8 Å². The molecule has 0 saturated carbocycles. The maximum Gasteiger partial charge on any atom is 0.101 e. The molecule has 0 atom stereocenters. The van der Waals surface area contributed by atoms with Crippen molar-refractivity contribution in [1.29, 1.82) is 0 Å². The number of rotatable bonds is 0. The summed E-state index contributed by atoms with van der Waals surface area (Å²) in [7, 11) is 0. The summed E-state index contributed by atoms with van der Waals surface area (Å²) in [6, 6.07) is 0. The Morgan fingerprint density at radius 2 is 1.50 bits per heavy atom. The van der Waals surface area contributed by atoms with E-state index in [1.165, 1.54) is 24.2 Å². The predicted octanol–water partition coefficient (Wildman–Crippen LogP) is 4.14. The molecule has 0 aromatic rings. The van der Waals surface area contributed by atoms with E-state index >= 15 is 0 Å². The summed E-state index contributed by atoms with van der Waals surface area (Å²) in [5.74, 6) is 1.23. The lowest BCUT2D eigenvalue weighted by Gasteiger charge is -2.36. The van der Waals surface area contributed by atoms with Gasteiger partial charge < -0.3 is 4.74 Å². The molecular formula is C13H24O. The van der Waals surface area contributed by atoms with E-state index in [0.717, 1.165) is 6.61 Å². The van der Waals surface area contributed by atoms with E-state index in [4.69, 9.17) is 4.74 Å². The van der Waals surface area contributed by atoms with Crippen molar-refractivity contribution < 1.29 is 4.74 Å². The van der Waals surface area contributed by atoms with E-state index in [-0.39, 0.29) is 10.8 Å². The van der Waals surface area contributed by atoms with Crippen molar-refractivity contribution in [2.75, 3.05) is 6.61 Å². The molecule has 14 heavy (non-hydrogen) atoms. The van der Waals surface area contributed by atoms with Gasteiger partial charge in [0.2, 0.25) is 0 Å². The van der Waals surface area contributed by atoms with Crippen molar-refractivity contribution in [3.8, 4) is 0 Å². The molecule has 1 heteroatoms. The van der Waals surface area contributed by atoms with Gasteiger partial charge in [-0.3, -0.25) is 0 Å². The van der Waals surface area contributed by atoms with Crippen LogP contribution in [0.25, 0.3) is 0 Å². The molecule has 1 rings (SSSR count). The van der Waals surface area contributed by atoms with Gasteiger partial charge in [-0.2, -0.15) is 0 Å². The lowest BCUT2D eigenvalue weighted by molar-refractivity contribution is 0.119. The molecule has 0 aromatic heterocycles. The highest BCUT2D eigenvalue weighted by molar-refractivity contribution is 5.21. The lowest BCUT2D eigenvalue weighted by Crippen LogP contribution is -2.25. The average molecular weight is 196 g/mol. The number of allylic oxidation sites excluding steroid dienone is 2. The Bertz CT molecular complexity index is 209. The number of ether oxygens (including phenoxy) is 1. The second kappa shape index (κ2) is 3.60. The Labute approximate surface area is 88.5 Å². The highest BCUT2D eigenvalue weighted by Crippen LogP contribution is 2.41. The molecule has 0 unspecified atom stereocenters. The van der Waals surface area contributed by atoms with E-state index in [1.807, 2.05) is 0 Å². The fraction of sp³-hybridized carbons (Fsp3) is 0.846. The molecule has 0 N–H and O–H groups in total. The molecule has 0 aliphatic carbocycles. The molecule has 1 aliphatic rings. The molecule has 0 spiro atoms. The molecule has 0 fully saturated rings.